The van der Waals surface area contributed by atoms with E-state index in [1.807, 2.05) is 18.2 Å². The Bertz CT molecular complexity index is 398. The third-order valence-electron chi connectivity index (χ3n) is 3.50. The summed E-state index contributed by atoms with van der Waals surface area (Å²) in [6, 6.07) is 12.6. The van der Waals surface area contributed by atoms with E-state index in [2.05, 4.69) is 30.4 Å². The fourth-order valence-electron chi connectivity index (χ4n) is 2.21. The number of nitrogens with one attached hydrogen (secondary N) is 1. The molecule has 2 atom stereocenters. The van der Waals surface area contributed by atoms with Crippen molar-refractivity contribution in [1.82, 2.24) is 5.32 Å². The Morgan fingerprint density at radius 2 is 2.24 bits per heavy atom. The minimum Gasteiger partial charge on any atom is -0.381 e. The molecular weight excluding hydrogens is 212 g/mol. The van der Waals surface area contributed by atoms with Crippen molar-refractivity contribution in [3.8, 4) is 6.07 Å². The smallest absolute Gasteiger partial charge is 0.114 e. The molecule has 0 radical (unpaired) electrons. The molecule has 0 aliphatic carbocycles. The van der Waals surface area contributed by atoms with Crippen LogP contribution >= 0.6 is 0 Å². The molecule has 1 aliphatic heterocycles. The maximum absolute atomic E-state index is 9.42. The molecule has 2 rings (SSSR count). The third-order valence-corrected chi connectivity index (χ3v) is 3.50. The van der Waals surface area contributed by atoms with Gasteiger partial charge in [0.1, 0.15) is 5.54 Å². The molecule has 1 fully saturated rings. The summed E-state index contributed by atoms with van der Waals surface area (Å²) in [6.45, 7) is 4.13. The maximum Gasteiger partial charge on any atom is 0.114 e. The number of rotatable bonds is 3. The lowest BCUT2D eigenvalue weighted by atomic mass is 9.82. The highest BCUT2D eigenvalue weighted by molar-refractivity contribution is 5.17. The molecule has 3 nitrogen and oxygen atoms in total. The summed E-state index contributed by atoms with van der Waals surface area (Å²) in [7, 11) is 0. The van der Waals surface area contributed by atoms with Crippen LogP contribution in [0, 0.1) is 17.2 Å². The van der Waals surface area contributed by atoms with Crippen LogP contribution in [0.4, 0.5) is 0 Å². The lowest BCUT2D eigenvalue weighted by Gasteiger charge is -2.37. The average Bonchev–Trinajstić information content (AvgIpc) is 2.39. The van der Waals surface area contributed by atoms with Crippen LogP contribution in [0.25, 0.3) is 0 Å². The van der Waals surface area contributed by atoms with Crippen LogP contribution in [0.1, 0.15) is 18.9 Å². The summed E-state index contributed by atoms with van der Waals surface area (Å²) in [4.78, 5) is 0. The van der Waals surface area contributed by atoms with Gasteiger partial charge in [-0.25, -0.2) is 0 Å². The number of nitriles is 1. The molecule has 0 bridgehead atoms. The van der Waals surface area contributed by atoms with E-state index in [-0.39, 0.29) is 5.92 Å². The second-order valence-corrected chi connectivity index (χ2v) is 4.65. The van der Waals surface area contributed by atoms with Crippen molar-refractivity contribution in [3.05, 3.63) is 35.9 Å². The molecule has 1 aromatic rings. The molecule has 1 N–H and O–H groups in total. The zero-order chi connectivity index (χ0) is 12.1. The maximum atomic E-state index is 9.42. The largest absolute Gasteiger partial charge is 0.381 e. The van der Waals surface area contributed by atoms with Crippen LogP contribution in [-0.4, -0.2) is 18.8 Å². The molecule has 17 heavy (non-hydrogen) atoms. The van der Waals surface area contributed by atoms with Gasteiger partial charge in [-0.05, 0) is 5.56 Å². The Balaban J connectivity index is 2.03. The van der Waals surface area contributed by atoms with Crippen molar-refractivity contribution in [1.29, 1.82) is 5.26 Å². The topological polar surface area (TPSA) is 45.0 Å². The van der Waals surface area contributed by atoms with E-state index in [1.165, 1.54) is 5.56 Å². The molecule has 90 valence electrons. The summed E-state index contributed by atoms with van der Waals surface area (Å²) >= 11 is 0. The van der Waals surface area contributed by atoms with Gasteiger partial charge in [-0.1, -0.05) is 37.3 Å². The summed E-state index contributed by atoms with van der Waals surface area (Å²) in [5.74, 6) is 0.227. The molecule has 1 saturated heterocycles. The number of benzene rings is 1. The van der Waals surface area contributed by atoms with Gasteiger partial charge in [-0.15, -0.1) is 0 Å². The molecule has 2 unspecified atom stereocenters. The fraction of sp³-hybridized carbons (Fsp3) is 0.500. The van der Waals surface area contributed by atoms with Crippen molar-refractivity contribution in [2.45, 2.75) is 25.4 Å². The predicted octanol–water partition coefficient (Wildman–Crippen LogP) is 2.09. The van der Waals surface area contributed by atoms with Gasteiger partial charge in [0.15, 0.2) is 0 Å². The van der Waals surface area contributed by atoms with Crippen LogP contribution in [0.3, 0.4) is 0 Å². The van der Waals surface area contributed by atoms with Gasteiger partial charge in [0.05, 0.1) is 12.7 Å². The summed E-state index contributed by atoms with van der Waals surface area (Å²) in [6.07, 6.45) is 0.761. The minimum atomic E-state index is -0.436. The Hall–Kier alpha value is -1.37. The molecule has 1 heterocycles. The standard InChI is InChI=1S/C14H18N2O/c1-12-10-17-8-7-14(12,11-15)16-9-13-5-3-2-4-6-13/h2-6,12,16H,7-10H2,1H3. The first-order valence-corrected chi connectivity index (χ1v) is 6.05. The molecule has 1 aliphatic rings. The Kier molecular flexibility index (Phi) is 3.78. The first-order chi connectivity index (χ1) is 8.27. The molecule has 0 spiro atoms. The van der Waals surface area contributed by atoms with Crippen molar-refractivity contribution in [2.75, 3.05) is 13.2 Å². The van der Waals surface area contributed by atoms with Crippen molar-refractivity contribution < 1.29 is 4.74 Å². The van der Waals surface area contributed by atoms with E-state index in [1.54, 1.807) is 0 Å². The first kappa shape index (κ1) is 12.1. The monoisotopic (exact) mass is 230 g/mol. The molecule has 3 heteroatoms. The summed E-state index contributed by atoms with van der Waals surface area (Å²) < 4.78 is 5.40. The second kappa shape index (κ2) is 5.31. The Morgan fingerprint density at radius 1 is 1.47 bits per heavy atom. The van der Waals surface area contributed by atoms with Crippen LogP contribution in [0.5, 0.6) is 0 Å². The highest BCUT2D eigenvalue weighted by Gasteiger charge is 2.38. The lowest BCUT2D eigenvalue weighted by molar-refractivity contribution is 0.0147. The highest BCUT2D eigenvalue weighted by atomic mass is 16.5. The zero-order valence-electron chi connectivity index (χ0n) is 10.1. The van der Waals surface area contributed by atoms with Crippen LogP contribution in [0.15, 0.2) is 30.3 Å². The van der Waals surface area contributed by atoms with Gasteiger partial charge in [-0.3, -0.25) is 5.32 Å². The minimum absolute atomic E-state index is 0.227. The molecule has 0 amide bonds. The number of ether oxygens (including phenoxy) is 1. The SMILES string of the molecule is CC1COCCC1(C#N)NCc1ccccc1. The van der Waals surface area contributed by atoms with Crippen molar-refractivity contribution >= 4 is 0 Å². The van der Waals surface area contributed by atoms with Gasteiger partial charge in [0, 0.05) is 25.5 Å². The lowest BCUT2D eigenvalue weighted by Crippen LogP contribution is -2.53. The van der Waals surface area contributed by atoms with Crippen molar-refractivity contribution in [2.24, 2.45) is 5.92 Å². The van der Waals surface area contributed by atoms with E-state index in [0.29, 0.717) is 13.2 Å². The van der Waals surface area contributed by atoms with E-state index in [0.717, 1.165) is 13.0 Å². The summed E-state index contributed by atoms with van der Waals surface area (Å²) in [5.41, 5.74) is 0.773. The van der Waals surface area contributed by atoms with Gasteiger partial charge in [0.25, 0.3) is 0 Å². The summed E-state index contributed by atoms with van der Waals surface area (Å²) in [5, 5.41) is 12.8. The van der Waals surface area contributed by atoms with Crippen LogP contribution in [0.2, 0.25) is 0 Å². The third kappa shape index (κ3) is 2.66. The second-order valence-electron chi connectivity index (χ2n) is 4.65. The zero-order valence-corrected chi connectivity index (χ0v) is 10.1. The number of nitrogens with zero attached hydrogens (tertiary/aromatic N) is 1. The highest BCUT2D eigenvalue weighted by Crippen LogP contribution is 2.26. The fourth-order valence-corrected chi connectivity index (χ4v) is 2.21. The van der Waals surface area contributed by atoms with E-state index in [4.69, 9.17) is 4.74 Å². The van der Waals surface area contributed by atoms with Gasteiger partial charge >= 0.3 is 0 Å². The van der Waals surface area contributed by atoms with Crippen LogP contribution in [-0.2, 0) is 11.3 Å². The van der Waals surface area contributed by atoms with Gasteiger partial charge in [0.2, 0.25) is 0 Å². The predicted molar refractivity (Wildman–Crippen MR) is 66.2 cm³/mol. The normalized spacial score (nSPS) is 28.6. The van der Waals surface area contributed by atoms with E-state index >= 15 is 0 Å². The first-order valence-electron chi connectivity index (χ1n) is 6.05. The van der Waals surface area contributed by atoms with E-state index < -0.39 is 5.54 Å². The molecular formula is C14H18N2O. The number of hydrogen-bond donors (Lipinski definition) is 1. The van der Waals surface area contributed by atoms with Crippen molar-refractivity contribution in [3.63, 3.8) is 0 Å². The molecule has 0 saturated carbocycles. The van der Waals surface area contributed by atoms with Gasteiger partial charge < -0.3 is 4.74 Å². The molecule has 1 aromatic carbocycles. The number of hydrogen-bond acceptors (Lipinski definition) is 3. The van der Waals surface area contributed by atoms with Crippen LogP contribution < -0.4 is 5.32 Å². The van der Waals surface area contributed by atoms with Gasteiger partial charge in [-0.2, -0.15) is 5.26 Å². The quantitative estimate of drug-likeness (QED) is 0.864. The Labute approximate surface area is 102 Å². The average molecular weight is 230 g/mol. The molecule has 0 aromatic heterocycles. The Morgan fingerprint density at radius 3 is 2.88 bits per heavy atom. The van der Waals surface area contributed by atoms with E-state index in [9.17, 15) is 5.26 Å².